The van der Waals surface area contributed by atoms with Gasteiger partial charge in [-0.25, -0.2) is 4.98 Å². The number of imidazole rings is 1. The number of nitrogens with zero attached hydrogens (tertiary/aromatic N) is 3. The van der Waals surface area contributed by atoms with Crippen molar-refractivity contribution in [2.45, 2.75) is 25.5 Å². The standard InChI is InChI=1S/C15H21N3O/c1-17(2)10-11-19-14-8-5-9-18-13-7-4-3-6-12(13)16-15(14)18/h3-4,6-7,14H,5,8-11H2,1-2H3. The van der Waals surface area contributed by atoms with Crippen LogP contribution in [0, 0.1) is 0 Å². The molecule has 0 saturated carbocycles. The topological polar surface area (TPSA) is 30.3 Å². The van der Waals surface area contributed by atoms with Gasteiger partial charge >= 0.3 is 0 Å². The van der Waals surface area contributed by atoms with Gasteiger partial charge in [-0.15, -0.1) is 0 Å². The van der Waals surface area contributed by atoms with Crippen LogP contribution < -0.4 is 0 Å². The van der Waals surface area contributed by atoms with Crippen LogP contribution in [0.25, 0.3) is 11.0 Å². The van der Waals surface area contributed by atoms with Crippen molar-refractivity contribution in [3.05, 3.63) is 30.1 Å². The van der Waals surface area contributed by atoms with E-state index in [4.69, 9.17) is 9.72 Å². The molecule has 2 heterocycles. The monoisotopic (exact) mass is 259 g/mol. The van der Waals surface area contributed by atoms with E-state index in [0.29, 0.717) is 0 Å². The fourth-order valence-corrected chi connectivity index (χ4v) is 2.67. The minimum Gasteiger partial charge on any atom is -0.369 e. The summed E-state index contributed by atoms with van der Waals surface area (Å²) in [6, 6.07) is 8.35. The molecule has 19 heavy (non-hydrogen) atoms. The van der Waals surface area contributed by atoms with Crippen LogP contribution in [-0.4, -0.2) is 41.7 Å². The van der Waals surface area contributed by atoms with Gasteiger partial charge in [0, 0.05) is 13.1 Å². The molecular weight excluding hydrogens is 238 g/mol. The van der Waals surface area contributed by atoms with E-state index in [9.17, 15) is 0 Å². The van der Waals surface area contributed by atoms with Crippen molar-refractivity contribution < 1.29 is 4.74 Å². The molecule has 1 unspecified atom stereocenters. The summed E-state index contributed by atoms with van der Waals surface area (Å²) in [6.45, 7) is 2.78. The quantitative estimate of drug-likeness (QED) is 0.845. The molecule has 0 amide bonds. The summed E-state index contributed by atoms with van der Waals surface area (Å²) in [6.07, 6.45) is 2.40. The first-order valence-corrected chi connectivity index (χ1v) is 6.97. The summed E-state index contributed by atoms with van der Waals surface area (Å²) in [5.41, 5.74) is 2.32. The van der Waals surface area contributed by atoms with Crippen molar-refractivity contribution in [3.63, 3.8) is 0 Å². The summed E-state index contributed by atoms with van der Waals surface area (Å²) in [4.78, 5) is 6.90. The Labute approximate surface area is 114 Å². The first-order chi connectivity index (χ1) is 9.25. The smallest absolute Gasteiger partial charge is 0.139 e. The van der Waals surface area contributed by atoms with E-state index in [1.807, 2.05) is 6.07 Å². The highest BCUT2D eigenvalue weighted by Gasteiger charge is 2.24. The van der Waals surface area contributed by atoms with Crippen molar-refractivity contribution in [2.75, 3.05) is 27.2 Å². The van der Waals surface area contributed by atoms with Crippen LogP contribution in [0.1, 0.15) is 24.8 Å². The summed E-state index contributed by atoms with van der Waals surface area (Å²) in [5, 5.41) is 0. The number of rotatable bonds is 4. The largest absolute Gasteiger partial charge is 0.369 e. The Kier molecular flexibility index (Phi) is 3.53. The molecule has 0 spiro atoms. The molecule has 3 rings (SSSR count). The predicted molar refractivity (Wildman–Crippen MR) is 76.2 cm³/mol. The summed E-state index contributed by atoms with van der Waals surface area (Å²) >= 11 is 0. The number of benzene rings is 1. The molecule has 2 aromatic rings. The lowest BCUT2D eigenvalue weighted by molar-refractivity contribution is 0.0214. The normalized spacial score (nSPS) is 19.0. The molecule has 4 nitrogen and oxygen atoms in total. The zero-order chi connectivity index (χ0) is 13.2. The second-order valence-corrected chi connectivity index (χ2v) is 5.42. The van der Waals surface area contributed by atoms with Crippen LogP contribution in [-0.2, 0) is 11.3 Å². The first-order valence-electron chi connectivity index (χ1n) is 6.97. The van der Waals surface area contributed by atoms with Gasteiger partial charge in [-0.3, -0.25) is 0 Å². The Morgan fingerprint density at radius 3 is 3.05 bits per heavy atom. The van der Waals surface area contributed by atoms with E-state index in [0.717, 1.165) is 37.5 Å². The molecular formula is C15H21N3O. The number of hydrogen-bond acceptors (Lipinski definition) is 3. The van der Waals surface area contributed by atoms with Gasteiger partial charge in [-0.1, -0.05) is 12.1 Å². The highest BCUT2D eigenvalue weighted by Crippen LogP contribution is 2.31. The number of aromatic nitrogens is 2. The fourth-order valence-electron chi connectivity index (χ4n) is 2.67. The number of hydrogen-bond donors (Lipinski definition) is 0. The molecule has 1 aliphatic rings. The Morgan fingerprint density at radius 2 is 2.21 bits per heavy atom. The molecule has 0 radical (unpaired) electrons. The molecule has 1 aromatic heterocycles. The zero-order valence-electron chi connectivity index (χ0n) is 11.7. The van der Waals surface area contributed by atoms with Gasteiger partial charge < -0.3 is 14.2 Å². The highest BCUT2D eigenvalue weighted by atomic mass is 16.5. The van der Waals surface area contributed by atoms with Crippen LogP contribution in [0.5, 0.6) is 0 Å². The summed E-state index contributed by atoms with van der Waals surface area (Å²) in [5.74, 6) is 1.10. The number of ether oxygens (including phenoxy) is 1. The minimum absolute atomic E-state index is 0.154. The van der Waals surface area contributed by atoms with Crippen molar-refractivity contribution >= 4 is 11.0 Å². The van der Waals surface area contributed by atoms with Crippen LogP contribution in [0.3, 0.4) is 0 Å². The maximum Gasteiger partial charge on any atom is 0.139 e. The summed E-state index contributed by atoms with van der Waals surface area (Å²) < 4.78 is 8.34. The molecule has 102 valence electrons. The maximum absolute atomic E-state index is 6.02. The maximum atomic E-state index is 6.02. The molecule has 1 aliphatic heterocycles. The Morgan fingerprint density at radius 1 is 1.37 bits per heavy atom. The average Bonchev–Trinajstić information content (AvgIpc) is 2.78. The van der Waals surface area contributed by atoms with Gasteiger partial charge in [0.05, 0.1) is 17.6 Å². The molecule has 1 atom stereocenters. The van der Waals surface area contributed by atoms with Crippen molar-refractivity contribution in [2.24, 2.45) is 0 Å². The molecule has 0 fully saturated rings. The summed E-state index contributed by atoms with van der Waals surface area (Å²) in [7, 11) is 4.14. The lowest BCUT2D eigenvalue weighted by atomic mass is 10.1. The van der Waals surface area contributed by atoms with Gasteiger partial charge in [0.15, 0.2) is 0 Å². The van der Waals surface area contributed by atoms with Crippen LogP contribution in [0.2, 0.25) is 0 Å². The van der Waals surface area contributed by atoms with Crippen LogP contribution >= 0.6 is 0 Å². The van der Waals surface area contributed by atoms with E-state index in [1.165, 1.54) is 11.9 Å². The first kappa shape index (κ1) is 12.6. The number of aryl methyl sites for hydroxylation is 1. The fraction of sp³-hybridized carbons (Fsp3) is 0.533. The molecule has 0 aliphatic carbocycles. The molecule has 0 bridgehead atoms. The van der Waals surface area contributed by atoms with Gasteiger partial charge in [0.1, 0.15) is 11.9 Å². The predicted octanol–water partition coefficient (Wildman–Crippen LogP) is 2.45. The van der Waals surface area contributed by atoms with Crippen molar-refractivity contribution in [3.8, 4) is 0 Å². The van der Waals surface area contributed by atoms with Crippen molar-refractivity contribution in [1.29, 1.82) is 0 Å². The van der Waals surface area contributed by atoms with E-state index in [-0.39, 0.29) is 6.10 Å². The van der Waals surface area contributed by atoms with Gasteiger partial charge in [-0.05, 0) is 39.1 Å². The SMILES string of the molecule is CN(C)CCOC1CCCn2c1nc1ccccc12. The second-order valence-electron chi connectivity index (χ2n) is 5.42. The third kappa shape index (κ3) is 2.51. The Hall–Kier alpha value is -1.39. The zero-order valence-corrected chi connectivity index (χ0v) is 11.7. The highest BCUT2D eigenvalue weighted by molar-refractivity contribution is 5.76. The molecule has 1 aromatic carbocycles. The minimum atomic E-state index is 0.154. The number of likely N-dealkylation sites (N-methyl/N-ethyl adjacent to an activating group) is 1. The molecule has 0 N–H and O–H groups in total. The second kappa shape index (κ2) is 5.31. The van der Waals surface area contributed by atoms with Gasteiger partial charge in [-0.2, -0.15) is 0 Å². The van der Waals surface area contributed by atoms with E-state index in [1.54, 1.807) is 0 Å². The average molecular weight is 259 g/mol. The van der Waals surface area contributed by atoms with E-state index >= 15 is 0 Å². The van der Waals surface area contributed by atoms with E-state index in [2.05, 4.69) is 41.8 Å². The third-order valence-corrected chi connectivity index (χ3v) is 3.68. The van der Waals surface area contributed by atoms with Gasteiger partial charge in [0.25, 0.3) is 0 Å². The lowest BCUT2D eigenvalue weighted by Gasteiger charge is -2.24. The lowest BCUT2D eigenvalue weighted by Crippen LogP contribution is -2.23. The van der Waals surface area contributed by atoms with Gasteiger partial charge in [0.2, 0.25) is 0 Å². The third-order valence-electron chi connectivity index (χ3n) is 3.68. The van der Waals surface area contributed by atoms with E-state index < -0.39 is 0 Å². The number of para-hydroxylation sites is 2. The number of fused-ring (bicyclic) bond motifs is 3. The van der Waals surface area contributed by atoms with Crippen LogP contribution in [0.15, 0.2) is 24.3 Å². The Bertz CT molecular complexity index is 562. The van der Waals surface area contributed by atoms with Crippen LogP contribution in [0.4, 0.5) is 0 Å². The molecule has 0 saturated heterocycles. The Balaban J connectivity index is 1.83. The van der Waals surface area contributed by atoms with Crippen molar-refractivity contribution in [1.82, 2.24) is 14.5 Å². The molecule has 4 heteroatoms.